The summed E-state index contributed by atoms with van der Waals surface area (Å²) in [6.07, 6.45) is 4.06. The Morgan fingerprint density at radius 1 is 1.14 bits per heavy atom. The molecular formula is C26H29N3O5S. The Kier molecular flexibility index (Phi) is 7.99. The standard InChI is InChI=1S/C26H29N3O5S/c1-17-15-29(26(35-17)28-25(31)20-9-10-22(32-2)23(13-20)33-3)16-18-6-4-7-19(12-18)24(30)27-14-21-8-5-11-34-21/h4,6-7,9-10,12-13,15,21H,5,8,11,14,16H2,1-3H3,(H,27,30). The van der Waals surface area contributed by atoms with Gasteiger partial charge in [-0.2, -0.15) is 4.99 Å². The molecule has 0 spiro atoms. The predicted molar refractivity (Wildman–Crippen MR) is 133 cm³/mol. The Morgan fingerprint density at radius 2 is 1.97 bits per heavy atom. The van der Waals surface area contributed by atoms with Crippen molar-refractivity contribution in [3.8, 4) is 11.5 Å². The van der Waals surface area contributed by atoms with E-state index < -0.39 is 0 Å². The summed E-state index contributed by atoms with van der Waals surface area (Å²) in [6.45, 7) is 3.73. The van der Waals surface area contributed by atoms with Crippen molar-refractivity contribution in [2.75, 3.05) is 27.4 Å². The Hall–Kier alpha value is -3.43. The molecule has 1 aliphatic heterocycles. The first-order chi connectivity index (χ1) is 17.0. The van der Waals surface area contributed by atoms with Crippen LogP contribution in [0.1, 0.15) is 44.0 Å². The lowest BCUT2D eigenvalue weighted by atomic mass is 10.1. The van der Waals surface area contributed by atoms with Gasteiger partial charge >= 0.3 is 0 Å². The van der Waals surface area contributed by atoms with Crippen molar-refractivity contribution in [1.29, 1.82) is 0 Å². The predicted octanol–water partition coefficient (Wildman–Crippen LogP) is 3.57. The first-order valence-electron chi connectivity index (χ1n) is 11.4. The second-order valence-electron chi connectivity index (χ2n) is 8.28. The summed E-state index contributed by atoms with van der Waals surface area (Å²) in [5.41, 5.74) is 1.94. The van der Waals surface area contributed by atoms with Crippen molar-refractivity contribution in [3.05, 3.63) is 75.0 Å². The topological polar surface area (TPSA) is 91.2 Å². The fourth-order valence-corrected chi connectivity index (χ4v) is 4.78. The smallest absolute Gasteiger partial charge is 0.279 e. The van der Waals surface area contributed by atoms with E-state index in [0.29, 0.717) is 40.5 Å². The number of carbonyl (C=O) groups excluding carboxylic acids is 2. The number of thiazole rings is 1. The third-order valence-electron chi connectivity index (χ3n) is 5.72. The number of aromatic nitrogens is 1. The molecule has 1 aliphatic rings. The van der Waals surface area contributed by atoms with Gasteiger partial charge in [-0.1, -0.05) is 12.1 Å². The van der Waals surface area contributed by atoms with Crippen molar-refractivity contribution in [2.45, 2.75) is 32.4 Å². The van der Waals surface area contributed by atoms with Gasteiger partial charge in [-0.25, -0.2) is 0 Å². The summed E-state index contributed by atoms with van der Waals surface area (Å²) < 4.78 is 18.0. The lowest BCUT2D eigenvalue weighted by Crippen LogP contribution is -2.31. The van der Waals surface area contributed by atoms with E-state index in [1.807, 2.05) is 35.9 Å². The summed E-state index contributed by atoms with van der Waals surface area (Å²) in [6, 6.07) is 12.4. The van der Waals surface area contributed by atoms with Crippen LogP contribution in [0.5, 0.6) is 11.5 Å². The Morgan fingerprint density at radius 3 is 2.71 bits per heavy atom. The largest absolute Gasteiger partial charge is 0.493 e. The van der Waals surface area contributed by atoms with Crippen LogP contribution in [0, 0.1) is 6.92 Å². The number of ether oxygens (including phenoxy) is 3. The van der Waals surface area contributed by atoms with E-state index in [2.05, 4.69) is 10.3 Å². The number of nitrogens with one attached hydrogen (secondary N) is 1. The van der Waals surface area contributed by atoms with Gasteiger partial charge in [0, 0.05) is 41.9 Å². The fraction of sp³-hybridized carbons (Fsp3) is 0.346. The molecular weight excluding hydrogens is 466 g/mol. The number of nitrogens with zero attached hydrogens (tertiary/aromatic N) is 2. The van der Waals surface area contributed by atoms with Crippen LogP contribution in [0.2, 0.25) is 0 Å². The molecule has 3 aromatic rings. The minimum absolute atomic E-state index is 0.0962. The van der Waals surface area contributed by atoms with Crippen LogP contribution in [0.3, 0.4) is 0 Å². The second kappa shape index (κ2) is 11.3. The molecule has 0 bridgehead atoms. The highest BCUT2D eigenvalue weighted by Gasteiger charge is 2.17. The third-order valence-corrected chi connectivity index (χ3v) is 6.66. The number of carbonyl (C=O) groups is 2. The number of rotatable bonds is 8. The number of amides is 2. The molecule has 2 aromatic carbocycles. The van der Waals surface area contributed by atoms with Crippen LogP contribution in [0.15, 0.2) is 53.7 Å². The highest BCUT2D eigenvalue weighted by molar-refractivity contribution is 7.09. The zero-order chi connectivity index (χ0) is 24.8. The Bertz CT molecular complexity index is 1270. The molecule has 0 saturated carbocycles. The van der Waals surface area contributed by atoms with Crippen LogP contribution in [-0.4, -0.2) is 49.9 Å². The summed E-state index contributed by atoms with van der Waals surface area (Å²) in [4.78, 5) is 31.5. The lowest BCUT2D eigenvalue weighted by Gasteiger charge is -2.11. The first-order valence-corrected chi connectivity index (χ1v) is 12.2. The SMILES string of the molecule is COc1ccc(C(=O)N=c2sc(C)cn2Cc2cccc(C(=O)NCC3CCCO3)c2)cc1OC. The second-order valence-corrected chi connectivity index (χ2v) is 9.50. The molecule has 2 amide bonds. The third kappa shape index (κ3) is 6.17. The van der Waals surface area contributed by atoms with Gasteiger partial charge in [0.25, 0.3) is 11.8 Å². The molecule has 9 heteroatoms. The lowest BCUT2D eigenvalue weighted by molar-refractivity contribution is 0.0857. The fourth-order valence-electron chi connectivity index (χ4n) is 3.95. The van der Waals surface area contributed by atoms with E-state index >= 15 is 0 Å². The van der Waals surface area contributed by atoms with Crippen molar-refractivity contribution in [2.24, 2.45) is 4.99 Å². The molecule has 35 heavy (non-hydrogen) atoms. The van der Waals surface area contributed by atoms with Gasteiger partial charge in [0.05, 0.1) is 20.3 Å². The average molecular weight is 496 g/mol. The zero-order valence-corrected chi connectivity index (χ0v) is 20.9. The van der Waals surface area contributed by atoms with E-state index in [1.54, 1.807) is 31.4 Å². The molecule has 1 N–H and O–H groups in total. The number of hydrogen-bond donors (Lipinski definition) is 1. The van der Waals surface area contributed by atoms with Crippen LogP contribution >= 0.6 is 11.3 Å². The van der Waals surface area contributed by atoms with E-state index in [-0.39, 0.29) is 17.9 Å². The zero-order valence-electron chi connectivity index (χ0n) is 20.1. The van der Waals surface area contributed by atoms with Crippen LogP contribution in [-0.2, 0) is 11.3 Å². The van der Waals surface area contributed by atoms with Gasteiger partial charge in [-0.15, -0.1) is 11.3 Å². The molecule has 4 rings (SSSR count). The number of aryl methyl sites for hydroxylation is 1. The molecule has 2 heterocycles. The molecule has 1 fully saturated rings. The minimum atomic E-state index is -0.371. The molecule has 0 aliphatic carbocycles. The molecule has 0 radical (unpaired) electrons. The van der Waals surface area contributed by atoms with E-state index in [4.69, 9.17) is 14.2 Å². The Labute approximate surface area is 208 Å². The van der Waals surface area contributed by atoms with Crippen molar-refractivity contribution in [3.63, 3.8) is 0 Å². The highest BCUT2D eigenvalue weighted by atomic mass is 32.1. The monoisotopic (exact) mass is 495 g/mol. The maximum atomic E-state index is 12.9. The molecule has 1 saturated heterocycles. The summed E-state index contributed by atoms with van der Waals surface area (Å²) in [7, 11) is 3.07. The van der Waals surface area contributed by atoms with Crippen molar-refractivity contribution in [1.82, 2.24) is 9.88 Å². The summed E-state index contributed by atoms with van der Waals surface area (Å²) in [5.74, 6) is 0.523. The van der Waals surface area contributed by atoms with Gasteiger partial charge in [0.15, 0.2) is 16.3 Å². The normalized spacial score (nSPS) is 15.7. The van der Waals surface area contributed by atoms with Gasteiger partial charge < -0.3 is 24.1 Å². The molecule has 1 aromatic heterocycles. The number of benzene rings is 2. The average Bonchev–Trinajstić information content (AvgIpc) is 3.51. The quantitative estimate of drug-likeness (QED) is 0.516. The molecule has 184 valence electrons. The van der Waals surface area contributed by atoms with E-state index in [0.717, 1.165) is 29.9 Å². The molecule has 8 nitrogen and oxygen atoms in total. The molecule has 1 unspecified atom stereocenters. The van der Waals surface area contributed by atoms with Crippen molar-refractivity contribution >= 4 is 23.2 Å². The maximum absolute atomic E-state index is 12.9. The summed E-state index contributed by atoms with van der Waals surface area (Å²) in [5, 5.41) is 2.96. The van der Waals surface area contributed by atoms with Gasteiger partial charge in [0.2, 0.25) is 0 Å². The van der Waals surface area contributed by atoms with Crippen molar-refractivity contribution < 1.29 is 23.8 Å². The van der Waals surface area contributed by atoms with Gasteiger partial charge in [-0.3, -0.25) is 9.59 Å². The van der Waals surface area contributed by atoms with Crippen LogP contribution in [0.4, 0.5) is 0 Å². The first kappa shape index (κ1) is 24.7. The van der Waals surface area contributed by atoms with Gasteiger partial charge in [0.1, 0.15) is 0 Å². The van der Waals surface area contributed by atoms with Crippen LogP contribution < -0.4 is 19.6 Å². The number of hydrogen-bond acceptors (Lipinski definition) is 6. The summed E-state index contributed by atoms with van der Waals surface area (Å²) >= 11 is 1.43. The highest BCUT2D eigenvalue weighted by Crippen LogP contribution is 2.27. The number of methoxy groups -OCH3 is 2. The van der Waals surface area contributed by atoms with Gasteiger partial charge in [-0.05, 0) is 55.7 Å². The van der Waals surface area contributed by atoms with E-state index in [1.165, 1.54) is 18.4 Å². The van der Waals surface area contributed by atoms with E-state index in [9.17, 15) is 9.59 Å². The molecule has 1 atom stereocenters. The van der Waals surface area contributed by atoms with Crippen LogP contribution in [0.25, 0.3) is 0 Å². The minimum Gasteiger partial charge on any atom is -0.493 e. The maximum Gasteiger partial charge on any atom is 0.279 e. The Balaban J connectivity index is 1.51.